The van der Waals surface area contributed by atoms with Gasteiger partial charge in [0.2, 0.25) is 11.8 Å². The van der Waals surface area contributed by atoms with Gasteiger partial charge in [0.15, 0.2) is 0 Å². The Balaban J connectivity index is 1.39. The van der Waals surface area contributed by atoms with E-state index in [2.05, 4.69) is 10.6 Å². The summed E-state index contributed by atoms with van der Waals surface area (Å²) in [6.07, 6.45) is 2.82. The zero-order valence-corrected chi connectivity index (χ0v) is 17.7. The molecule has 0 saturated carbocycles. The van der Waals surface area contributed by atoms with Gasteiger partial charge in [-0.15, -0.1) is 0 Å². The minimum Gasteiger partial charge on any atom is -0.341 e. The molecule has 0 unspecified atom stereocenters. The second-order valence-electron chi connectivity index (χ2n) is 8.24. The molecule has 156 valence electrons. The van der Waals surface area contributed by atoms with E-state index in [0.717, 1.165) is 41.1 Å². The highest BCUT2D eigenvalue weighted by Gasteiger charge is 2.48. The van der Waals surface area contributed by atoms with Crippen LogP contribution in [0, 0.1) is 0 Å². The first-order chi connectivity index (χ1) is 14.5. The molecule has 0 atom stereocenters. The van der Waals surface area contributed by atoms with Crippen molar-refractivity contribution in [2.45, 2.75) is 37.8 Å². The highest BCUT2D eigenvalue weighted by Crippen LogP contribution is 2.39. The average molecular weight is 426 g/mol. The van der Waals surface area contributed by atoms with Crippen LogP contribution in [-0.4, -0.2) is 52.1 Å². The largest absolute Gasteiger partial charge is 0.341 e. The number of fused-ring (bicyclic) bond motifs is 3. The summed E-state index contributed by atoms with van der Waals surface area (Å²) in [4.78, 5) is 32.6. The lowest BCUT2D eigenvalue weighted by atomic mass is 9.86. The van der Waals surface area contributed by atoms with Gasteiger partial charge in [-0.1, -0.05) is 29.8 Å². The van der Waals surface area contributed by atoms with Crippen LogP contribution in [0.2, 0.25) is 5.02 Å². The van der Waals surface area contributed by atoms with Crippen LogP contribution in [-0.2, 0) is 21.0 Å². The number of likely N-dealkylation sites (tertiary alicyclic amines) is 1. The van der Waals surface area contributed by atoms with E-state index in [4.69, 9.17) is 16.4 Å². The van der Waals surface area contributed by atoms with E-state index in [9.17, 15) is 9.59 Å². The first-order valence-corrected chi connectivity index (χ1v) is 10.7. The Bertz CT molecular complexity index is 1150. The van der Waals surface area contributed by atoms with Crippen molar-refractivity contribution in [1.29, 1.82) is 0 Å². The Kier molecular flexibility index (Phi) is 4.71. The molecule has 2 amide bonds. The molecule has 5 rings (SSSR count). The Hall–Kier alpha value is -2.57. The predicted octanol–water partition coefficient (Wildman–Crippen LogP) is 3.99. The third-order valence-electron chi connectivity index (χ3n) is 6.72. The number of piperidine rings is 1. The van der Waals surface area contributed by atoms with E-state index in [0.29, 0.717) is 24.5 Å². The molecule has 6 nitrogen and oxygen atoms in total. The van der Waals surface area contributed by atoms with Gasteiger partial charge < -0.3 is 9.47 Å². The van der Waals surface area contributed by atoms with Crippen LogP contribution in [0.1, 0.15) is 25.7 Å². The SMILES string of the molecule is CON1C(=O)CCC12CCN(C(=O)Cn1c3ccccc3c3cc(Cl)ccc31)CC2. The molecule has 3 aromatic rings. The summed E-state index contributed by atoms with van der Waals surface area (Å²) in [5.74, 6) is 0.136. The molecule has 1 aromatic heterocycles. The van der Waals surface area contributed by atoms with E-state index in [1.165, 1.54) is 0 Å². The molecule has 1 spiro atoms. The summed E-state index contributed by atoms with van der Waals surface area (Å²) in [5, 5.41) is 4.39. The van der Waals surface area contributed by atoms with Crippen molar-refractivity contribution in [1.82, 2.24) is 14.5 Å². The number of carbonyl (C=O) groups excluding carboxylic acids is 2. The Morgan fingerprint density at radius 1 is 1.07 bits per heavy atom. The lowest BCUT2D eigenvalue weighted by Crippen LogP contribution is -2.54. The molecule has 0 N–H and O–H groups in total. The van der Waals surface area contributed by atoms with E-state index in [-0.39, 0.29) is 23.9 Å². The third-order valence-corrected chi connectivity index (χ3v) is 6.95. The number of nitrogens with zero attached hydrogens (tertiary/aromatic N) is 3. The minimum atomic E-state index is -0.258. The molecular formula is C23H24ClN3O3. The van der Waals surface area contributed by atoms with Crippen LogP contribution in [0.5, 0.6) is 0 Å². The molecule has 2 aliphatic rings. The van der Waals surface area contributed by atoms with Gasteiger partial charge in [-0.2, -0.15) is 0 Å². The highest BCUT2D eigenvalue weighted by atomic mass is 35.5. The number of amides is 2. The van der Waals surface area contributed by atoms with E-state index >= 15 is 0 Å². The summed E-state index contributed by atoms with van der Waals surface area (Å²) in [6, 6.07) is 13.9. The zero-order valence-electron chi connectivity index (χ0n) is 16.9. The van der Waals surface area contributed by atoms with E-state index < -0.39 is 0 Å². The molecule has 0 bridgehead atoms. The first-order valence-electron chi connectivity index (χ1n) is 10.3. The average Bonchev–Trinajstić information content (AvgIpc) is 3.23. The third kappa shape index (κ3) is 2.97. The van der Waals surface area contributed by atoms with Crippen molar-refractivity contribution in [2.24, 2.45) is 0 Å². The van der Waals surface area contributed by atoms with Crippen molar-refractivity contribution in [3.05, 3.63) is 47.5 Å². The Morgan fingerprint density at radius 3 is 2.57 bits per heavy atom. The summed E-state index contributed by atoms with van der Waals surface area (Å²) >= 11 is 6.23. The summed E-state index contributed by atoms with van der Waals surface area (Å²) < 4.78 is 2.08. The maximum atomic E-state index is 13.2. The maximum absolute atomic E-state index is 13.2. The van der Waals surface area contributed by atoms with Crippen LogP contribution in [0.4, 0.5) is 0 Å². The monoisotopic (exact) mass is 425 g/mol. The van der Waals surface area contributed by atoms with Gasteiger partial charge in [-0.05, 0) is 43.5 Å². The molecule has 2 aromatic carbocycles. The number of hydrogen-bond donors (Lipinski definition) is 0. The first kappa shape index (κ1) is 19.4. The van der Waals surface area contributed by atoms with Gasteiger partial charge in [0.1, 0.15) is 6.54 Å². The highest BCUT2D eigenvalue weighted by molar-refractivity contribution is 6.31. The van der Waals surface area contributed by atoms with Gasteiger partial charge >= 0.3 is 0 Å². The molecule has 0 aliphatic carbocycles. The van der Waals surface area contributed by atoms with E-state index in [1.807, 2.05) is 41.3 Å². The number of carbonyl (C=O) groups is 2. The predicted molar refractivity (Wildman–Crippen MR) is 116 cm³/mol. The second kappa shape index (κ2) is 7.29. The quantitative estimate of drug-likeness (QED) is 0.637. The fourth-order valence-corrected chi connectivity index (χ4v) is 5.33. The second-order valence-corrected chi connectivity index (χ2v) is 8.68. The molecule has 2 saturated heterocycles. The van der Waals surface area contributed by atoms with Crippen LogP contribution in [0.3, 0.4) is 0 Å². The van der Waals surface area contributed by atoms with Crippen molar-refractivity contribution in [2.75, 3.05) is 20.2 Å². The molecule has 0 radical (unpaired) electrons. The number of hydroxylamine groups is 2. The van der Waals surface area contributed by atoms with Crippen LogP contribution in [0.15, 0.2) is 42.5 Å². The molecule has 2 fully saturated rings. The lowest BCUT2D eigenvalue weighted by molar-refractivity contribution is -0.202. The number of hydrogen-bond acceptors (Lipinski definition) is 3. The van der Waals surface area contributed by atoms with Crippen LogP contribution in [0.25, 0.3) is 21.8 Å². The molecule has 2 aliphatic heterocycles. The van der Waals surface area contributed by atoms with Gasteiger partial charge in [-0.25, -0.2) is 5.06 Å². The topological polar surface area (TPSA) is 54.8 Å². The fourth-order valence-electron chi connectivity index (χ4n) is 5.16. The van der Waals surface area contributed by atoms with Gasteiger partial charge in [0, 0.05) is 46.3 Å². The number of para-hydroxylation sites is 1. The smallest absolute Gasteiger partial charge is 0.246 e. The number of benzene rings is 2. The van der Waals surface area contributed by atoms with Crippen molar-refractivity contribution >= 4 is 45.2 Å². The number of rotatable bonds is 3. The Morgan fingerprint density at radius 2 is 1.80 bits per heavy atom. The molecule has 30 heavy (non-hydrogen) atoms. The minimum absolute atomic E-state index is 0.0428. The van der Waals surface area contributed by atoms with Crippen molar-refractivity contribution < 1.29 is 14.4 Å². The summed E-state index contributed by atoms with van der Waals surface area (Å²) in [7, 11) is 1.55. The van der Waals surface area contributed by atoms with Gasteiger partial charge in [0.05, 0.1) is 12.6 Å². The van der Waals surface area contributed by atoms with Gasteiger partial charge in [0.25, 0.3) is 0 Å². The molecule has 7 heteroatoms. The number of aromatic nitrogens is 1. The van der Waals surface area contributed by atoms with Crippen molar-refractivity contribution in [3.63, 3.8) is 0 Å². The number of halogens is 1. The van der Waals surface area contributed by atoms with Crippen molar-refractivity contribution in [3.8, 4) is 0 Å². The standard InChI is InChI=1S/C23H24ClN3O3/c1-30-27-21(28)8-9-23(27)10-12-25(13-11-23)22(29)15-26-19-5-3-2-4-17(19)18-14-16(24)6-7-20(18)26/h2-7,14H,8-13,15H2,1H3. The fraction of sp³-hybridized carbons (Fsp3) is 0.391. The van der Waals surface area contributed by atoms with Gasteiger partial charge in [-0.3, -0.25) is 14.4 Å². The summed E-state index contributed by atoms with van der Waals surface area (Å²) in [5.41, 5.74) is 1.78. The normalized spacial score (nSPS) is 18.8. The maximum Gasteiger partial charge on any atom is 0.246 e. The Labute approximate surface area is 179 Å². The van der Waals surface area contributed by atoms with Crippen LogP contribution < -0.4 is 0 Å². The lowest BCUT2D eigenvalue weighted by Gasteiger charge is -2.43. The molecular weight excluding hydrogens is 402 g/mol. The summed E-state index contributed by atoms with van der Waals surface area (Å²) in [6.45, 7) is 1.55. The van der Waals surface area contributed by atoms with Crippen LogP contribution >= 0.6 is 11.6 Å². The van der Waals surface area contributed by atoms with E-state index in [1.54, 1.807) is 12.2 Å². The molecule has 3 heterocycles. The zero-order chi connectivity index (χ0) is 20.9.